The van der Waals surface area contributed by atoms with Crippen LogP contribution in [0.15, 0.2) is 59.5 Å². The van der Waals surface area contributed by atoms with Gasteiger partial charge in [-0.15, -0.1) is 0 Å². The highest BCUT2D eigenvalue weighted by atomic mass is 35.5. The van der Waals surface area contributed by atoms with Gasteiger partial charge in [0.1, 0.15) is 5.15 Å². The van der Waals surface area contributed by atoms with Crippen molar-refractivity contribution in [2.45, 2.75) is 13.5 Å². The lowest BCUT2D eigenvalue weighted by atomic mass is 10.2. The number of amides is 1. The number of carbonyl (C=O) groups is 2. The van der Waals surface area contributed by atoms with Gasteiger partial charge < -0.3 is 5.11 Å². The van der Waals surface area contributed by atoms with E-state index < -0.39 is 5.97 Å². The third kappa shape index (κ3) is 4.27. The average Bonchev–Trinajstić information content (AvgIpc) is 3.18. The van der Waals surface area contributed by atoms with Crippen LogP contribution in [0.3, 0.4) is 0 Å². The maximum absolute atomic E-state index is 13.1. The lowest BCUT2D eigenvalue weighted by Gasteiger charge is -2.14. The van der Waals surface area contributed by atoms with Gasteiger partial charge in [-0.25, -0.2) is 9.48 Å². The van der Waals surface area contributed by atoms with Crippen molar-refractivity contribution in [3.8, 4) is 0 Å². The molecule has 9 heteroatoms. The van der Waals surface area contributed by atoms with Crippen LogP contribution in [-0.4, -0.2) is 31.1 Å². The molecule has 2 heterocycles. The molecule has 3 aromatic rings. The number of carbonyl (C=O) groups excluding carboxylic acids is 1. The van der Waals surface area contributed by atoms with Crippen LogP contribution in [-0.2, 0) is 11.3 Å². The van der Waals surface area contributed by atoms with Crippen LogP contribution in [0.5, 0.6) is 0 Å². The Labute approximate surface area is 193 Å². The predicted molar refractivity (Wildman–Crippen MR) is 127 cm³/mol. The summed E-state index contributed by atoms with van der Waals surface area (Å²) in [6, 6.07) is 15.9. The zero-order valence-electron chi connectivity index (χ0n) is 16.3. The Morgan fingerprint density at radius 2 is 1.97 bits per heavy atom. The number of carboxylic acids is 1. The van der Waals surface area contributed by atoms with Crippen LogP contribution >= 0.6 is 35.6 Å². The molecular formula is C22H16ClN3O3S2. The quantitative estimate of drug-likeness (QED) is 0.418. The number of benzene rings is 2. The Morgan fingerprint density at radius 3 is 2.68 bits per heavy atom. The van der Waals surface area contributed by atoms with Crippen molar-refractivity contribution in [1.29, 1.82) is 0 Å². The fraction of sp³-hybridized carbons (Fsp3) is 0.0909. The monoisotopic (exact) mass is 469 g/mol. The van der Waals surface area contributed by atoms with Crippen molar-refractivity contribution >= 4 is 63.5 Å². The van der Waals surface area contributed by atoms with Crippen molar-refractivity contribution in [2.75, 3.05) is 4.90 Å². The van der Waals surface area contributed by atoms with Gasteiger partial charge in [-0.05, 0) is 36.8 Å². The number of hydrogen-bond acceptors (Lipinski definition) is 5. The van der Waals surface area contributed by atoms with Gasteiger partial charge in [0.25, 0.3) is 5.91 Å². The van der Waals surface area contributed by atoms with Gasteiger partial charge in [-0.3, -0.25) is 9.69 Å². The summed E-state index contributed by atoms with van der Waals surface area (Å²) in [6.07, 6.45) is 1.69. The SMILES string of the molecule is Cc1nn(Cc2ccccc2)c(Cl)c1/C=C1\SC(=S)N(c2cccc(C(=O)O)c2)C1=O. The predicted octanol–water partition coefficient (Wildman–Crippen LogP) is 5.00. The minimum atomic E-state index is -1.07. The second-order valence-electron chi connectivity index (χ2n) is 6.81. The molecule has 0 radical (unpaired) electrons. The summed E-state index contributed by atoms with van der Waals surface area (Å²) in [5.74, 6) is -1.40. The zero-order chi connectivity index (χ0) is 22.1. The Bertz CT molecular complexity index is 1240. The number of rotatable bonds is 5. The number of aromatic carboxylic acids is 1. The first-order valence-electron chi connectivity index (χ1n) is 9.23. The lowest BCUT2D eigenvalue weighted by Crippen LogP contribution is -2.27. The summed E-state index contributed by atoms with van der Waals surface area (Å²) in [4.78, 5) is 26.0. The number of hydrogen-bond donors (Lipinski definition) is 1. The van der Waals surface area contributed by atoms with Gasteiger partial charge in [-0.1, -0.05) is 72.0 Å². The molecule has 156 valence electrons. The largest absolute Gasteiger partial charge is 0.478 e. The average molecular weight is 470 g/mol. The number of carboxylic acid groups (broad SMARTS) is 1. The molecule has 4 rings (SSSR count). The van der Waals surface area contributed by atoms with E-state index in [4.69, 9.17) is 23.8 Å². The van der Waals surface area contributed by atoms with E-state index in [0.717, 1.165) is 17.3 Å². The van der Waals surface area contributed by atoms with Gasteiger partial charge in [0.15, 0.2) is 4.32 Å². The fourth-order valence-corrected chi connectivity index (χ4v) is 4.76. The highest BCUT2D eigenvalue weighted by molar-refractivity contribution is 8.27. The first-order valence-corrected chi connectivity index (χ1v) is 10.8. The minimum absolute atomic E-state index is 0.0802. The Morgan fingerprint density at radius 1 is 1.23 bits per heavy atom. The van der Waals surface area contributed by atoms with E-state index in [-0.39, 0.29) is 11.5 Å². The van der Waals surface area contributed by atoms with E-state index in [9.17, 15) is 14.7 Å². The van der Waals surface area contributed by atoms with Crippen LogP contribution in [0, 0.1) is 6.92 Å². The fourth-order valence-electron chi connectivity index (χ4n) is 3.19. The molecule has 2 aromatic carbocycles. The van der Waals surface area contributed by atoms with E-state index >= 15 is 0 Å². The number of anilines is 1. The van der Waals surface area contributed by atoms with Crippen LogP contribution in [0.2, 0.25) is 5.15 Å². The van der Waals surface area contributed by atoms with Crippen molar-refractivity contribution in [2.24, 2.45) is 0 Å². The summed E-state index contributed by atoms with van der Waals surface area (Å²) in [7, 11) is 0. The van der Waals surface area contributed by atoms with Gasteiger partial charge in [-0.2, -0.15) is 5.10 Å². The molecule has 0 atom stereocenters. The molecule has 1 saturated heterocycles. The van der Waals surface area contributed by atoms with Gasteiger partial charge in [0.05, 0.1) is 28.4 Å². The molecule has 0 spiro atoms. The summed E-state index contributed by atoms with van der Waals surface area (Å²) in [6.45, 7) is 2.34. The highest BCUT2D eigenvalue weighted by Crippen LogP contribution is 2.37. The first-order chi connectivity index (χ1) is 14.8. The number of aryl methyl sites for hydroxylation is 1. The third-order valence-electron chi connectivity index (χ3n) is 4.70. The summed E-state index contributed by atoms with van der Waals surface area (Å²) in [5.41, 5.74) is 2.89. The molecule has 1 aromatic heterocycles. The van der Waals surface area contributed by atoms with Gasteiger partial charge >= 0.3 is 5.97 Å². The maximum atomic E-state index is 13.1. The molecule has 0 saturated carbocycles. The molecule has 0 aliphatic carbocycles. The standard InChI is InChI=1S/C22H16ClN3O3S2/c1-13-17(19(23)25(24-13)12-14-6-3-2-4-7-14)11-18-20(27)26(22(30)31-18)16-9-5-8-15(10-16)21(28)29/h2-11H,12H2,1H3,(H,28,29)/b18-11-. The van der Waals surface area contributed by atoms with E-state index in [2.05, 4.69) is 5.10 Å². The molecule has 6 nitrogen and oxygen atoms in total. The van der Waals surface area contributed by atoms with Gasteiger partial charge in [0.2, 0.25) is 0 Å². The summed E-state index contributed by atoms with van der Waals surface area (Å²) >= 11 is 13.1. The summed E-state index contributed by atoms with van der Waals surface area (Å²) < 4.78 is 2.01. The molecule has 0 unspecified atom stereocenters. The van der Waals surface area contributed by atoms with E-state index in [1.807, 2.05) is 37.3 Å². The summed E-state index contributed by atoms with van der Waals surface area (Å²) in [5, 5.41) is 14.2. The molecule has 1 aliphatic heterocycles. The van der Waals surface area contributed by atoms with E-state index in [0.29, 0.717) is 37.9 Å². The number of thiocarbonyl (C=S) groups is 1. The third-order valence-corrected chi connectivity index (χ3v) is 6.41. The number of thioether (sulfide) groups is 1. The van der Waals surface area contributed by atoms with Crippen molar-refractivity contribution < 1.29 is 14.7 Å². The van der Waals surface area contributed by atoms with Gasteiger partial charge in [0, 0.05) is 5.56 Å². The number of nitrogens with zero attached hydrogens (tertiary/aromatic N) is 3. The Hall–Kier alpha value is -2.94. The molecular weight excluding hydrogens is 454 g/mol. The number of aromatic nitrogens is 2. The Balaban J connectivity index is 1.64. The second-order valence-corrected chi connectivity index (χ2v) is 8.84. The minimum Gasteiger partial charge on any atom is -0.478 e. The molecule has 0 bridgehead atoms. The maximum Gasteiger partial charge on any atom is 0.335 e. The first kappa shape index (κ1) is 21.3. The molecule has 31 heavy (non-hydrogen) atoms. The van der Waals surface area contributed by atoms with Crippen molar-refractivity contribution in [3.05, 3.63) is 87.0 Å². The van der Waals surface area contributed by atoms with Crippen molar-refractivity contribution in [1.82, 2.24) is 9.78 Å². The van der Waals surface area contributed by atoms with Crippen LogP contribution < -0.4 is 4.90 Å². The zero-order valence-corrected chi connectivity index (χ0v) is 18.7. The molecule has 1 N–H and O–H groups in total. The Kier molecular flexibility index (Phi) is 5.95. The second kappa shape index (κ2) is 8.66. The van der Waals surface area contributed by atoms with E-state index in [1.165, 1.54) is 17.0 Å². The van der Waals surface area contributed by atoms with Crippen LogP contribution in [0.1, 0.15) is 27.2 Å². The van der Waals surface area contributed by atoms with Crippen LogP contribution in [0.25, 0.3) is 6.08 Å². The van der Waals surface area contributed by atoms with Crippen LogP contribution in [0.4, 0.5) is 5.69 Å². The highest BCUT2D eigenvalue weighted by Gasteiger charge is 2.34. The van der Waals surface area contributed by atoms with Crippen molar-refractivity contribution in [3.63, 3.8) is 0 Å². The lowest BCUT2D eigenvalue weighted by molar-refractivity contribution is -0.113. The molecule has 1 fully saturated rings. The normalized spacial score (nSPS) is 15.2. The molecule has 1 aliphatic rings. The molecule has 1 amide bonds. The van der Waals surface area contributed by atoms with E-state index in [1.54, 1.807) is 22.9 Å². The number of halogens is 1. The smallest absolute Gasteiger partial charge is 0.335 e. The topological polar surface area (TPSA) is 75.4 Å².